The predicted molar refractivity (Wildman–Crippen MR) is 81.4 cm³/mol. The Kier molecular flexibility index (Phi) is 4.39. The van der Waals surface area contributed by atoms with Crippen molar-refractivity contribution in [3.05, 3.63) is 23.9 Å². The molecule has 1 aromatic heterocycles. The summed E-state index contributed by atoms with van der Waals surface area (Å²) in [6, 6.07) is 4.65. The molecule has 3 heterocycles. The van der Waals surface area contributed by atoms with E-state index in [1.54, 1.807) is 18.3 Å². The number of nitrogens with zero attached hydrogens (tertiary/aromatic N) is 2. The molecule has 0 saturated carbocycles. The highest BCUT2D eigenvalue weighted by Gasteiger charge is 2.32. The summed E-state index contributed by atoms with van der Waals surface area (Å²) >= 11 is 0. The zero-order valence-corrected chi connectivity index (χ0v) is 12.5. The lowest BCUT2D eigenvalue weighted by Crippen LogP contribution is -2.43. The summed E-state index contributed by atoms with van der Waals surface area (Å²) in [4.78, 5) is 18.9. The number of aromatic nitrogens is 1. The molecule has 0 aromatic carbocycles. The first-order valence-corrected chi connectivity index (χ1v) is 7.90. The maximum absolute atomic E-state index is 12.0. The van der Waals surface area contributed by atoms with Crippen molar-refractivity contribution >= 4 is 11.8 Å². The van der Waals surface area contributed by atoms with E-state index < -0.39 is 0 Å². The van der Waals surface area contributed by atoms with E-state index in [-0.39, 0.29) is 5.97 Å². The van der Waals surface area contributed by atoms with Crippen LogP contribution in [-0.2, 0) is 4.74 Å². The van der Waals surface area contributed by atoms with Gasteiger partial charge in [-0.05, 0) is 51.3 Å². The van der Waals surface area contributed by atoms with Crippen LogP contribution in [0.2, 0.25) is 0 Å². The molecule has 2 unspecified atom stereocenters. The van der Waals surface area contributed by atoms with Crippen molar-refractivity contribution in [3.8, 4) is 0 Å². The van der Waals surface area contributed by atoms with Gasteiger partial charge in [-0.15, -0.1) is 0 Å². The fraction of sp³-hybridized carbons (Fsp3) is 0.625. The number of nitrogens with one attached hydrogen (secondary N) is 1. The maximum Gasteiger partial charge on any atom is 0.341 e. The van der Waals surface area contributed by atoms with Gasteiger partial charge in [0.2, 0.25) is 0 Å². The maximum atomic E-state index is 12.0. The molecule has 3 rings (SSSR count). The average molecular weight is 289 g/mol. The lowest BCUT2D eigenvalue weighted by Gasteiger charge is -2.35. The van der Waals surface area contributed by atoms with Crippen LogP contribution in [0.1, 0.15) is 43.0 Å². The molecule has 2 atom stereocenters. The van der Waals surface area contributed by atoms with Gasteiger partial charge in [0.1, 0.15) is 11.4 Å². The third-order valence-electron chi connectivity index (χ3n) is 4.46. The molecule has 0 bridgehead atoms. The monoisotopic (exact) mass is 289 g/mol. The van der Waals surface area contributed by atoms with Gasteiger partial charge in [0.15, 0.2) is 0 Å². The van der Waals surface area contributed by atoms with Crippen LogP contribution in [-0.4, -0.2) is 47.6 Å². The summed E-state index contributed by atoms with van der Waals surface area (Å²) in [5.41, 5.74) is 0.535. The Hall–Kier alpha value is -1.62. The Morgan fingerprint density at radius 1 is 1.48 bits per heavy atom. The smallest absolute Gasteiger partial charge is 0.341 e. The molecule has 0 spiro atoms. The van der Waals surface area contributed by atoms with Crippen molar-refractivity contribution in [2.24, 2.45) is 0 Å². The minimum absolute atomic E-state index is 0.300. The van der Waals surface area contributed by atoms with E-state index in [4.69, 9.17) is 4.74 Å². The lowest BCUT2D eigenvalue weighted by atomic mass is 9.97. The van der Waals surface area contributed by atoms with E-state index >= 15 is 0 Å². The molecular weight excluding hydrogens is 266 g/mol. The molecule has 0 aliphatic carbocycles. The number of carbonyl (C=O) groups excluding carboxylic acids is 1. The number of ether oxygens (including phenoxy) is 1. The molecule has 5 heteroatoms. The van der Waals surface area contributed by atoms with Crippen molar-refractivity contribution in [2.45, 2.75) is 44.7 Å². The quantitative estimate of drug-likeness (QED) is 0.862. The van der Waals surface area contributed by atoms with Gasteiger partial charge in [0.25, 0.3) is 0 Å². The Morgan fingerprint density at radius 2 is 2.38 bits per heavy atom. The standard InChI is InChI=1S/C16H23N3O2/c1-2-21-16(20)14-6-3-8-17-15(14)18-12-7-10-19-9-4-5-13(19)11-12/h3,6,8,12-13H,2,4-5,7,9-11H2,1H3,(H,17,18). The normalized spacial score (nSPS) is 25.4. The molecule has 2 aliphatic heterocycles. The Labute approximate surface area is 125 Å². The van der Waals surface area contributed by atoms with Gasteiger partial charge in [0.05, 0.1) is 6.61 Å². The number of esters is 1. The molecule has 2 aliphatic rings. The Bertz CT molecular complexity index is 506. The Morgan fingerprint density at radius 3 is 3.24 bits per heavy atom. The second-order valence-corrected chi connectivity index (χ2v) is 5.82. The van der Waals surface area contributed by atoms with E-state index in [1.807, 2.05) is 6.92 Å². The summed E-state index contributed by atoms with van der Waals surface area (Å²) in [6.45, 7) is 4.59. The topological polar surface area (TPSA) is 54.5 Å². The van der Waals surface area contributed by atoms with Crippen molar-refractivity contribution in [1.29, 1.82) is 0 Å². The number of hydrogen-bond donors (Lipinski definition) is 1. The van der Waals surface area contributed by atoms with Gasteiger partial charge in [-0.25, -0.2) is 9.78 Å². The molecule has 2 fully saturated rings. The van der Waals surface area contributed by atoms with Crippen LogP contribution in [0.5, 0.6) is 0 Å². The highest BCUT2D eigenvalue weighted by atomic mass is 16.5. The van der Waals surface area contributed by atoms with Crippen LogP contribution < -0.4 is 5.32 Å². The molecule has 114 valence electrons. The molecule has 0 radical (unpaired) electrons. The highest BCUT2D eigenvalue weighted by Crippen LogP contribution is 2.28. The minimum atomic E-state index is -0.300. The van der Waals surface area contributed by atoms with Gasteiger partial charge >= 0.3 is 5.97 Å². The summed E-state index contributed by atoms with van der Waals surface area (Å²) < 4.78 is 5.10. The van der Waals surface area contributed by atoms with Crippen LogP contribution in [0.25, 0.3) is 0 Å². The molecule has 2 saturated heterocycles. The number of rotatable bonds is 4. The first-order valence-electron chi connectivity index (χ1n) is 7.90. The number of carbonyl (C=O) groups is 1. The van der Waals surface area contributed by atoms with E-state index in [1.165, 1.54) is 19.4 Å². The number of hydrogen-bond acceptors (Lipinski definition) is 5. The second-order valence-electron chi connectivity index (χ2n) is 5.82. The van der Waals surface area contributed by atoms with Gasteiger partial charge in [-0.1, -0.05) is 0 Å². The zero-order valence-electron chi connectivity index (χ0n) is 12.5. The molecule has 21 heavy (non-hydrogen) atoms. The van der Waals surface area contributed by atoms with E-state index in [2.05, 4.69) is 15.2 Å². The fourth-order valence-corrected chi connectivity index (χ4v) is 3.44. The van der Waals surface area contributed by atoms with Gasteiger partial charge in [0, 0.05) is 24.8 Å². The molecule has 1 N–H and O–H groups in total. The number of pyridine rings is 1. The summed E-state index contributed by atoms with van der Waals surface area (Å²) in [7, 11) is 0. The SMILES string of the molecule is CCOC(=O)c1cccnc1NC1CCN2CCCC2C1. The number of fused-ring (bicyclic) bond motifs is 1. The van der Waals surface area contributed by atoms with Gasteiger partial charge in [-0.2, -0.15) is 0 Å². The summed E-state index contributed by atoms with van der Waals surface area (Å²) in [5.74, 6) is 0.360. The van der Waals surface area contributed by atoms with Gasteiger partial charge in [-0.3, -0.25) is 0 Å². The van der Waals surface area contributed by atoms with Crippen molar-refractivity contribution < 1.29 is 9.53 Å². The molecule has 0 amide bonds. The Balaban J connectivity index is 1.68. The van der Waals surface area contributed by atoms with Crippen LogP contribution >= 0.6 is 0 Å². The minimum Gasteiger partial charge on any atom is -0.462 e. The summed E-state index contributed by atoms with van der Waals surface area (Å²) in [6.07, 6.45) is 6.57. The first-order chi connectivity index (χ1) is 10.3. The predicted octanol–water partition coefficient (Wildman–Crippen LogP) is 2.30. The van der Waals surface area contributed by atoms with Crippen LogP contribution in [0.3, 0.4) is 0 Å². The zero-order chi connectivity index (χ0) is 14.7. The second kappa shape index (κ2) is 6.43. The number of anilines is 1. The van der Waals surface area contributed by atoms with Crippen molar-refractivity contribution in [2.75, 3.05) is 25.0 Å². The largest absolute Gasteiger partial charge is 0.462 e. The van der Waals surface area contributed by atoms with E-state index in [0.717, 1.165) is 19.4 Å². The molecule has 5 nitrogen and oxygen atoms in total. The average Bonchev–Trinajstić information content (AvgIpc) is 2.95. The summed E-state index contributed by atoms with van der Waals surface area (Å²) in [5, 5.41) is 3.46. The van der Waals surface area contributed by atoms with Crippen LogP contribution in [0.4, 0.5) is 5.82 Å². The third kappa shape index (κ3) is 3.18. The van der Waals surface area contributed by atoms with E-state index in [0.29, 0.717) is 30.1 Å². The fourth-order valence-electron chi connectivity index (χ4n) is 3.44. The van der Waals surface area contributed by atoms with Gasteiger partial charge < -0.3 is 15.0 Å². The first kappa shape index (κ1) is 14.3. The highest BCUT2D eigenvalue weighted by molar-refractivity contribution is 5.94. The third-order valence-corrected chi connectivity index (χ3v) is 4.46. The number of piperidine rings is 1. The van der Waals surface area contributed by atoms with Crippen molar-refractivity contribution in [1.82, 2.24) is 9.88 Å². The molecular formula is C16H23N3O2. The van der Waals surface area contributed by atoms with Crippen LogP contribution in [0, 0.1) is 0 Å². The van der Waals surface area contributed by atoms with E-state index in [9.17, 15) is 4.79 Å². The lowest BCUT2D eigenvalue weighted by molar-refractivity contribution is 0.0527. The van der Waals surface area contributed by atoms with Crippen LogP contribution in [0.15, 0.2) is 18.3 Å². The van der Waals surface area contributed by atoms with Crippen molar-refractivity contribution in [3.63, 3.8) is 0 Å². The molecule has 1 aromatic rings.